The fourth-order valence-corrected chi connectivity index (χ4v) is 14.1. The van der Waals surface area contributed by atoms with Crippen molar-refractivity contribution in [1.29, 1.82) is 0 Å². The second-order valence-corrected chi connectivity index (χ2v) is 11.6. The lowest BCUT2D eigenvalue weighted by Gasteiger charge is -2.26. The van der Waals surface area contributed by atoms with E-state index in [-0.39, 0.29) is 0 Å². The van der Waals surface area contributed by atoms with Crippen LogP contribution >= 0.6 is 51.1 Å². The summed E-state index contributed by atoms with van der Waals surface area (Å²) in [5, 5.41) is 1.97. The van der Waals surface area contributed by atoms with Crippen LogP contribution in [0.25, 0.3) is 0 Å². The van der Waals surface area contributed by atoms with Crippen molar-refractivity contribution in [3.8, 4) is 0 Å². The molecular formula is C7H10S5. The van der Waals surface area contributed by atoms with Gasteiger partial charge in [-0.3, -0.25) is 0 Å². The Labute approximate surface area is 92.1 Å². The van der Waals surface area contributed by atoms with E-state index in [0.717, 1.165) is 22.3 Å². The van der Waals surface area contributed by atoms with Crippen LogP contribution < -0.4 is 0 Å². The quantitative estimate of drug-likeness (QED) is 0.582. The van der Waals surface area contributed by atoms with Gasteiger partial charge in [-0.05, 0) is 60.6 Å². The third-order valence-corrected chi connectivity index (χ3v) is 12.9. The van der Waals surface area contributed by atoms with Gasteiger partial charge in [-0.1, -0.05) is 21.6 Å². The zero-order valence-corrected chi connectivity index (χ0v) is 10.6. The van der Waals surface area contributed by atoms with E-state index in [2.05, 4.69) is 21.6 Å². The molecule has 3 aliphatic rings. The van der Waals surface area contributed by atoms with Crippen molar-refractivity contribution in [2.24, 2.45) is 11.8 Å². The normalized spacial score (nSPS) is 52.0. The summed E-state index contributed by atoms with van der Waals surface area (Å²) in [7, 11) is 10.3. The van der Waals surface area contributed by atoms with Gasteiger partial charge < -0.3 is 0 Å². The molecule has 0 aromatic heterocycles. The molecule has 0 amide bonds. The second kappa shape index (κ2) is 3.72. The van der Waals surface area contributed by atoms with Crippen LogP contribution in [0.4, 0.5) is 0 Å². The van der Waals surface area contributed by atoms with Crippen molar-refractivity contribution in [1.82, 2.24) is 0 Å². The third kappa shape index (κ3) is 1.44. The molecular weight excluding hydrogens is 244 g/mol. The van der Waals surface area contributed by atoms with E-state index >= 15 is 0 Å². The molecule has 2 bridgehead atoms. The lowest BCUT2D eigenvalue weighted by molar-refractivity contribution is 0.507. The van der Waals surface area contributed by atoms with Crippen LogP contribution in [-0.4, -0.2) is 10.5 Å². The summed E-state index contributed by atoms with van der Waals surface area (Å²) in [4.78, 5) is 0. The Balaban J connectivity index is 1.81. The Morgan fingerprint density at radius 3 is 1.92 bits per heavy atom. The molecule has 3 rings (SSSR count). The van der Waals surface area contributed by atoms with Crippen molar-refractivity contribution >= 4 is 51.1 Å². The summed E-state index contributed by atoms with van der Waals surface area (Å²) in [5.41, 5.74) is 0. The number of fused-ring (bicyclic) bond motifs is 5. The highest BCUT2D eigenvalue weighted by Gasteiger charge is 2.49. The molecule has 0 aromatic rings. The Morgan fingerprint density at radius 1 is 0.750 bits per heavy atom. The highest BCUT2D eigenvalue weighted by molar-refractivity contribution is 9.36. The maximum Gasteiger partial charge on any atom is 0.0318 e. The third-order valence-electron chi connectivity index (χ3n) is 3.12. The van der Waals surface area contributed by atoms with Gasteiger partial charge in [0.1, 0.15) is 0 Å². The first-order valence-electron chi connectivity index (χ1n) is 4.27. The molecule has 3 fully saturated rings. The summed E-state index contributed by atoms with van der Waals surface area (Å²) in [6.07, 6.45) is 4.59. The molecule has 2 saturated carbocycles. The van der Waals surface area contributed by atoms with Crippen molar-refractivity contribution in [2.75, 3.05) is 0 Å². The summed E-state index contributed by atoms with van der Waals surface area (Å²) in [6, 6.07) is 0. The van der Waals surface area contributed by atoms with E-state index in [1.807, 2.05) is 29.5 Å². The molecule has 12 heavy (non-hydrogen) atoms. The van der Waals surface area contributed by atoms with Gasteiger partial charge >= 0.3 is 0 Å². The van der Waals surface area contributed by atoms with Crippen LogP contribution in [0.3, 0.4) is 0 Å². The zero-order valence-electron chi connectivity index (χ0n) is 6.47. The Kier molecular flexibility index (Phi) is 2.79. The largest absolute Gasteiger partial charge is 0.0768 e. The minimum atomic E-state index is 0.987. The minimum absolute atomic E-state index is 0.987. The van der Waals surface area contributed by atoms with Crippen molar-refractivity contribution in [3.05, 3.63) is 0 Å². The van der Waals surface area contributed by atoms with Gasteiger partial charge in [0.15, 0.2) is 0 Å². The van der Waals surface area contributed by atoms with Gasteiger partial charge in [0.2, 0.25) is 0 Å². The fourth-order valence-electron chi connectivity index (χ4n) is 2.59. The number of hydrogen-bond acceptors (Lipinski definition) is 5. The van der Waals surface area contributed by atoms with E-state index in [9.17, 15) is 0 Å². The molecule has 5 heteroatoms. The summed E-state index contributed by atoms with van der Waals surface area (Å²) >= 11 is 0. The van der Waals surface area contributed by atoms with Gasteiger partial charge in [0, 0.05) is 10.5 Å². The lowest BCUT2D eigenvalue weighted by atomic mass is 10.00. The first kappa shape index (κ1) is 9.01. The first-order chi connectivity index (χ1) is 5.95. The van der Waals surface area contributed by atoms with E-state index < -0.39 is 0 Å². The maximum absolute atomic E-state index is 2.16. The van der Waals surface area contributed by atoms with E-state index in [1.54, 1.807) is 6.42 Å². The van der Waals surface area contributed by atoms with Crippen LogP contribution in [0.2, 0.25) is 0 Å². The van der Waals surface area contributed by atoms with Gasteiger partial charge in [-0.25, -0.2) is 0 Å². The smallest absolute Gasteiger partial charge is 0.0318 e. The van der Waals surface area contributed by atoms with Crippen LogP contribution in [0, 0.1) is 11.8 Å². The van der Waals surface area contributed by atoms with Crippen LogP contribution in [0.15, 0.2) is 0 Å². The van der Waals surface area contributed by atoms with Crippen molar-refractivity contribution in [2.45, 2.75) is 29.8 Å². The number of rotatable bonds is 0. The molecule has 0 aromatic carbocycles. The Bertz CT molecular complexity index is 167. The highest BCUT2D eigenvalue weighted by atomic mass is 33.8. The molecule has 0 spiro atoms. The maximum atomic E-state index is 2.16. The number of hydrogen-bond donors (Lipinski definition) is 0. The lowest BCUT2D eigenvalue weighted by Crippen LogP contribution is -2.25. The molecule has 0 N–H and O–H groups in total. The molecule has 1 aliphatic heterocycles. The Hall–Kier alpha value is 1.75. The average Bonchev–Trinajstić information content (AvgIpc) is 2.58. The Morgan fingerprint density at radius 2 is 1.33 bits per heavy atom. The van der Waals surface area contributed by atoms with Crippen molar-refractivity contribution < 1.29 is 0 Å². The van der Waals surface area contributed by atoms with E-state index in [4.69, 9.17) is 0 Å². The average molecular weight is 254 g/mol. The van der Waals surface area contributed by atoms with Crippen molar-refractivity contribution in [3.63, 3.8) is 0 Å². The van der Waals surface area contributed by atoms with Gasteiger partial charge in [-0.15, -0.1) is 0 Å². The molecule has 68 valence electrons. The topological polar surface area (TPSA) is 0 Å². The van der Waals surface area contributed by atoms with Gasteiger partial charge in [0.25, 0.3) is 0 Å². The minimum Gasteiger partial charge on any atom is -0.0768 e. The summed E-state index contributed by atoms with van der Waals surface area (Å²) in [6.45, 7) is 0. The van der Waals surface area contributed by atoms with Gasteiger partial charge in [-0.2, -0.15) is 0 Å². The standard InChI is InChI=1S/C7H10S5/c1-2-5-3-4(1)6-7(5)9-11-12-10-8-6/h4-7H,1-3H2/t4-,5+,6+,7-. The highest BCUT2D eigenvalue weighted by Crippen LogP contribution is 2.65. The summed E-state index contributed by atoms with van der Waals surface area (Å²) < 4.78 is 0. The monoisotopic (exact) mass is 254 g/mol. The van der Waals surface area contributed by atoms with Gasteiger partial charge in [0.05, 0.1) is 0 Å². The zero-order chi connectivity index (χ0) is 7.97. The van der Waals surface area contributed by atoms with Crippen LogP contribution in [0.5, 0.6) is 0 Å². The molecule has 0 unspecified atom stereocenters. The molecule has 4 atom stereocenters. The fraction of sp³-hybridized carbons (Fsp3) is 1.00. The molecule has 1 saturated heterocycles. The predicted molar refractivity (Wildman–Crippen MR) is 66.4 cm³/mol. The van der Waals surface area contributed by atoms with Crippen LogP contribution in [0.1, 0.15) is 19.3 Å². The van der Waals surface area contributed by atoms with E-state index in [1.165, 1.54) is 12.8 Å². The molecule has 2 aliphatic carbocycles. The second-order valence-electron chi connectivity index (χ2n) is 3.66. The predicted octanol–water partition coefficient (Wildman–Crippen LogP) is 4.49. The molecule has 0 nitrogen and oxygen atoms in total. The molecule has 1 heterocycles. The SMILES string of the molecule is C1C[C@@H]2C[C@H]1[C@H]1SSSSS[C@@H]21. The summed E-state index contributed by atoms with van der Waals surface area (Å²) in [5.74, 6) is 2.15. The van der Waals surface area contributed by atoms with E-state index in [0.29, 0.717) is 0 Å². The first-order valence-corrected chi connectivity index (χ1v) is 10.5. The molecule has 0 radical (unpaired) electrons. The van der Waals surface area contributed by atoms with Crippen LogP contribution in [-0.2, 0) is 0 Å².